The number of alkyl halides is 1. The van der Waals surface area contributed by atoms with Crippen LogP contribution in [0.25, 0.3) is 0 Å². The first-order valence-corrected chi connectivity index (χ1v) is 5.90. The molecule has 0 spiro atoms. The van der Waals surface area contributed by atoms with E-state index in [0.29, 0.717) is 0 Å². The molecule has 0 rings (SSSR count). The van der Waals surface area contributed by atoms with Crippen LogP contribution in [0, 0.1) is 0 Å². The number of rotatable bonds is 4. The molecule has 0 aliphatic rings. The topological polar surface area (TPSA) is 12.4 Å². The first kappa shape index (κ1) is 9.40. The van der Waals surface area contributed by atoms with E-state index in [0.717, 1.165) is 10.5 Å². The fraction of sp³-hybridized carbons (Fsp3) is 0.857. The summed E-state index contributed by atoms with van der Waals surface area (Å²) in [6, 6.07) is 0. The standard InChI is InChI=1S/C7H15IN/c1-4-7(3)8-6-9-5-2/h6-7H,4-5H2,1-3H3/q-1. The van der Waals surface area contributed by atoms with Gasteiger partial charge in [0.05, 0.1) is 0 Å². The molecule has 0 aliphatic heterocycles. The van der Waals surface area contributed by atoms with Gasteiger partial charge in [0.1, 0.15) is 0 Å². The van der Waals surface area contributed by atoms with Crippen LogP contribution in [0.3, 0.4) is 0 Å². The van der Waals surface area contributed by atoms with Crippen molar-refractivity contribution in [3.05, 3.63) is 0 Å². The SMILES string of the molecule is CCN=C[I-]C(C)CC. The molecule has 2 heteroatoms. The van der Waals surface area contributed by atoms with Gasteiger partial charge >= 0.3 is 68.1 Å². The van der Waals surface area contributed by atoms with Gasteiger partial charge in [-0.1, -0.05) is 0 Å². The van der Waals surface area contributed by atoms with Crippen LogP contribution in [-0.2, 0) is 0 Å². The number of halogens is 1. The Morgan fingerprint density at radius 1 is 1.56 bits per heavy atom. The van der Waals surface area contributed by atoms with Crippen molar-refractivity contribution in [1.82, 2.24) is 0 Å². The molecule has 0 aromatic heterocycles. The van der Waals surface area contributed by atoms with E-state index in [2.05, 4.69) is 30.0 Å². The van der Waals surface area contributed by atoms with Gasteiger partial charge in [-0.05, 0) is 0 Å². The van der Waals surface area contributed by atoms with E-state index < -0.39 is 0 Å². The van der Waals surface area contributed by atoms with Gasteiger partial charge in [0.25, 0.3) is 0 Å². The number of nitrogens with zero attached hydrogens (tertiary/aromatic N) is 1. The molecule has 0 saturated carbocycles. The number of hydrogen-bond donors (Lipinski definition) is 0. The minimum atomic E-state index is 0.264. The van der Waals surface area contributed by atoms with E-state index in [1.165, 1.54) is 6.42 Å². The Kier molecular flexibility index (Phi) is 6.81. The van der Waals surface area contributed by atoms with Gasteiger partial charge in [0, 0.05) is 0 Å². The molecule has 0 amide bonds. The molecule has 1 unspecified atom stereocenters. The Morgan fingerprint density at radius 3 is 2.67 bits per heavy atom. The van der Waals surface area contributed by atoms with Gasteiger partial charge in [-0.25, -0.2) is 0 Å². The van der Waals surface area contributed by atoms with Crippen molar-refractivity contribution in [1.29, 1.82) is 0 Å². The molecule has 1 atom stereocenters. The molecule has 0 saturated heterocycles. The molecular weight excluding hydrogens is 225 g/mol. The van der Waals surface area contributed by atoms with Crippen LogP contribution >= 0.6 is 0 Å². The van der Waals surface area contributed by atoms with Crippen LogP contribution in [0.4, 0.5) is 0 Å². The minimum absolute atomic E-state index is 0.264. The van der Waals surface area contributed by atoms with E-state index in [4.69, 9.17) is 0 Å². The average molecular weight is 240 g/mol. The summed E-state index contributed by atoms with van der Waals surface area (Å²) >= 11 is 0.264. The summed E-state index contributed by atoms with van der Waals surface area (Å²) < 4.78 is 3.06. The fourth-order valence-electron chi connectivity index (χ4n) is 0.294. The van der Waals surface area contributed by atoms with Crippen LogP contribution in [0.15, 0.2) is 4.99 Å². The van der Waals surface area contributed by atoms with Crippen LogP contribution in [0.2, 0.25) is 0 Å². The van der Waals surface area contributed by atoms with Crippen molar-refractivity contribution < 1.29 is 21.2 Å². The molecule has 0 N–H and O–H groups in total. The first-order valence-electron chi connectivity index (χ1n) is 3.41. The third-order valence-electron chi connectivity index (χ3n) is 1.09. The molecule has 1 nitrogen and oxygen atoms in total. The molecule has 0 bridgehead atoms. The Morgan fingerprint density at radius 2 is 2.22 bits per heavy atom. The van der Waals surface area contributed by atoms with Gasteiger partial charge in [0.15, 0.2) is 0 Å². The summed E-state index contributed by atoms with van der Waals surface area (Å²) in [6.07, 6.45) is 1.31. The molecule has 0 aliphatic carbocycles. The third kappa shape index (κ3) is 6.28. The summed E-state index contributed by atoms with van der Waals surface area (Å²) in [5.74, 6) is 0. The van der Waals surface area contributed by atoms with Crippen molar-refractivity contribution in [2.45, 2.75) is 31.1 Å². The summed E-state index contributed by atoms with van der Waals surface area (Å²) in [6.45, 7) is 7.58. The van der Waals surface area contributed by atoms with E-state index in [9.17, 15) is 0 Å². The average Bonchev–Trinajstić information content (AvgIpc) is 1.89. The van der Waals surface area contributed by atoms with Gasteiger partial charge in [-0.3, -0.25) is 0 Å². The van der Waals surface area contributed by atoms with E-state index in [-0.39, 0.29) is 21.2 Å². The molecule has 0 aromatic carbocycles. The van der Waals surface area contributed by atoms with Crippen molar-refractivity contribution in [3.63, 3.8) is 0 Å². The normalized spacial score (nSPS) is 15.0. The monoisotopic (exact) mass is 240 g/mol. The Bertz CT molecular complexity index is 81.0. The van der Waals surface area contributed by atoms with Crippen LogP contribution < -0.4 is 21.2 Å². The zero-order valence-electron chi connectivity index (χ0n) is 6.39. The van der Waals surface area contributed by atoms with Crippen molar-refractivity contribution in [3.8, 4) is 0 Å². The second-order valence-electron chi connectivity index (χ2n) is 1.91. The molecular formula is C7H15IN-. The predicted octanol–water partition coefficient (Wildman–Crippen LogP) is -1.08. The Balaban J connectivity index is 3.15. The van der Waals surface area contributed by atoms with Gasteiger partial charge < -0.3 is 0 Å². The van der Waals surface area contributed by atoms with Crippen LogP contribution in [-0.4, -0.2) is 14.7 Å². The first-order chi connectivity index (χ1) is 4.31. The Hall–Kier alpha value is 0.400. The summed E-state index contributed by atoms with van der Waals surface area (Å²) in [7, 11) is 0. The van der Waals surface area contributed by atoms with Crippen LogP contribution in [0.1, 0.15) is 27.2 Å². The van der Waals surface area contributed by atoms with Gasteiger partial charge in [-0.15, -0.1) is 0 Å². The molecule has 9 heavy (non-hydrogen) atoms. The summed E-state index contributed by atoms with van der Waals surface area (Å²) in [5, 5.41) is 0. The fourth-order valence-corrected chi connectivity index (χ4v) is 1.97. The molecule has 56 valence electrons. The van der Waals surface area contributed by atoms with E-state index in [1.807, 2.05) is 0 Å². The van der Waals surface area contributed by atoms with Crippen LogP contribution in [0.5, 0.6) is 0 Å². The number of hydrogen-bond acceptors (Lipinski definition) is 1. The number of aliphatic imine (C=N–C) groups is 1. The van der Waals surface area contributed by atoms with Crippen molar-refractivity contribution >= 4 is 4.22 Å². The quantitative estimate of drug-likeness (QED) is 0.337. The maximum absolute atomic E-state index is 4.18. The predicted molar refractivity (Wildman–Crippen MR) is 38.8 cm³/mol. The molecule has 0 radical (unpaired) electrons. The van der Waals surface area contributed by atoms with Gasteiger partial charge in [-0.2, -0.15) is 0 Å². The Labute approximate surface area is 68.2 Å². The van der Waals surface area contributed by atoms with E-state index in [1.54, 1.807) is 0 Å². The molecule has 0 fully saturated rings. The summed E-state index contributed by atoms with van der Waals surface area (Å²) in [5.41, 5.74) is 0. The van der Waals surface area contributed by atoms with Gasteiger partial charge in [0.2, 0.25) is 0 Å². The van der Waals surface area contributed by atoms with E-state index >= 15 is 0 Å². The third-order valence-corrected chi connectivity index (χ3v) is 3.91. The zero-order valence-corrected chi connectivity index (χ0v) is 8.55. The zero-order chi connectivity index (χ0) is 7.11. The van der Waals surface area contributed by atoms with Crippen molar-refractivity contribution in [2.24, 2.45) is 4.99 Å². The molecule has 0 heterocycles. The molecule has 0 aromatic rings. The summed E-state index contributed by atoms with van der Waals surface area (Å²) in [4.78, 5) is 4.18. The van der Waals surface area contributed by atoms with Crippen molar-refractivity contribution in [2.75, 3.05) is 6.54 Å². The second-order valence-corrected chi connectivity index (χ2v) is 5.31. The maximum atomic E-state index is 4.18. The second kappa shape index (κ2) is 6.52.